The summed E-state index contributed by atoms with van der Waals surface area (Å²) < 4.78 is 0. The van der Waals surface area contributed by atoms with Gasteiger partial charge in [-0.3, -0.25) is 9.78 Å². The number of hydrogen-bond donors (Lipinski definition) is 1. The van der Waals surface area contributed by atoms with E-state index in [9.17, 15) is 4.79 Å². The standard InChI is InChI=1S/C21H20ClN3O/c1-3-25(2)18-12-10-17(11-13-18)24-21(26)16-8-6-15(7-9-16)20-19(22)5-4-14-23-20/h4-14H,3H2,1-2H3,(H,24,26). The van der Waals surface area contributed by atoms with Crippen LogP contribution in [0.25, 0.3) is 11.3 Å². The van der Waals surface area contributed by atoms with Crippen molar-refractivity contribution >= 4 is 28.9 Å². The van der Waals surface area contributed by atoms with Crippen LogP contribution in [-0.4, -0.2) is 24.5 Å². The van der Waals surface area contributed by atoms with Gasteiger partial charge in [0.15, 0.2) is 0 Å². The summed E-state index contributed by atoms with van der Waals surface area (Å²) in [5.74, 6) is -0.153. The summed E-state index contributed by atoms with van der Waals surface area (Å²) in [7, 11) is 2.03. The number of rotatable bonds is 5. The van der Waals surface area contributed by atoms with Gasteiger partial charge < -0.3 is 10.2 Å². The predicted molar refractivity (Wildman–Crippen MR) is 108 cm³/mol. The number of pyridine rings is 1. The van der Waals surface area contributed by atoms with Gasteiger partial charge in [0.05, 0.1) is 10.7 Å². The minimum atomic E-state index is -0.153. The lowest BCUT2D eigenvalue weighted by molar-refractivity contribution is 0.102. The van der Waals surface area contributed by atoms with E-state index in [2.05, 4.69) is 22.1 Å². The van der Waals surface area contributed by atoms with Crippen LogP contribution in [0.3, 0.4) is 0 Å². The first-order valence-corrected chi connectivity index (χ1v) is 8.80. The minimum absolute atomic E-state index is 0.153. The number of halogens is 1. The molecule has 1 heterocycles. The van der Waals surface area contributed by atoms with E-state index in [1.165, 1.54) is 0 Å². The number of anilines is 2. The minimum Gasteiger partial charge on any atom is -0.375 e. The lowest BCUT2D eigenvalue weighted by atomic mass is 10.1. The summed E-state index contributed by atoms with van der Waals surface area (Å²) in [6.07, 6.45) is 1.70. The van der Waals surface area contributed by atoms with Crippen molar-refractivity contribution in [1.82, 2.24) is 4.98 Å². The molecule has 0 unspecified atom stereocenters. The molecule has 0 saturated carbocycles. The Kier molecular flexibility index (Phi) is 5.54. The molecule has 26 heavy (non-hydrogen) atoms. The molecule has 1 N–H and O–H groups in total. The summed E-state index contributed by atoms with van der Waals surface area (Å²) in [5, 5.41) is 3.50. The van der Waals surface area contributed by atoms with E-state index in [1.54, 1.807) is 30.5 Å². The molecule has 5 heteroatoms. The first kappa shape index (κ1) is 18.0. The van der Waals surface area contributed by atoms with Gasteiger partial charge in [0.25, 0.3) is 5.91 Å². The highest BCUT2D eigenvalue weighted by Crippen LogP contribution is 2.25. The molecule has 3 rings (SSSR count). The monoisotopic (exact) mass is 365 g/mol. The number of carbonyl (C=O) groups is 1. The zero-order chi connectivity index (χ0) is 18.5. The van der Waals surface area contributed by atoms with E-state index in [4.69, 9.17) is 11.6 Å². The fraction of sp³-hybridized carbons (Fsp3) is 0.143. The smallest absolute Gasteiger partial charge is 0.255 e. The molecule has 132 valence electrons. The van der Waals surface area contributed by atoms with Gasteiger partial charge >= 0.3 is 0 Å². The fourth-order valence-corrected chi connectivity index (χ4v) is 2.79. The molecule has 0 aliphatic carbocycles. The Bertz CT molecular complexity index is 892. The Balaban J connectivity index is 1.71. The van der Waals surface area contributed by atoms with Gasteiger partial charge in [0, 0.05) is 42.3 Å². The number of nitrogens with one attached hydrogen (secondary N) is 1. The molecule has 0 bridgehead atoms. The second-order valence-electron chi connectivity index (χ2n) is 5.93. The van der Waals surface area contributed by atoms with Crippen LogP contribution in [0.2, 0.25) is 5.02 Å². The van der Waals surface area contributed by atoms with Crippen LogP contribution in [-0.2, 0) is 0 Å². The first-order chi connectivity index (χ1) is 12.6. The average molecular weight is 366 g/mol. The second-order valence-corrected chi connectivity index (χ2v) is 6.33. The quantitative estimate of drug-likeness (QED) is 0.683. The van der Waals surface area contributed by atoms with Crippen molar-refractivity contribution in [2.24, 2.45) is 0 Å². The lowest BCUT2D eigenvalue weighted by Crippen LogP contribution is -2.16. The number of nitrogens with zero attached hydrogens (tertiary/aromatic N) is 2. The zero-order valence-corrected chi connectivity index (χ0v) is 15.5. The van der Waals surface area contributed by atoms with Crippen LogP contribution < -0.4 is 10.2 Å². The van der Waals surface area contributed by atoms with Crippen molar-refractivity contribution in [1.29, 1.82) is 0 Å². The van der Waals surface area contributed by atoms with Crippen LogP contribution in [0.4, 0.5) is 11.4 Å². The van der Waals surface area contributed by atoms with Gasteiger partial charge in [-0.1, -0.05) is 23.7 Å². The summed E-state index contributed by atoms with van der Waals surface area (Å²) in [5.41, 5.74) is 4.04. The zero-order valence-electron chi connectivity index (χ0n) is 14.7. The van der Waals surface area contributed by atoms with Crippen molar-refractivity contribution in [2.45, 2.75) is 6.92 Å². The maximum atomic E-state index is 12.4. The van der Waals surface area contributed by atoms with E-state index >= 15 is 0 Å². The summed E-state index contributed by atoms with van der Waals surface area (Å²) in [6, 6.07) is 18.6. The van der Waals surface area contributed by atoms with Crippen molar-refractivity contribution in [3.05, 3.63) is 77.4 Å². The molecule has 0 fully saturated rings. The lowest BCUT2D eigenvalue weighted by Gasteiger charge is -2.17. The van der Waals surface area contributed by atoms with Gasteiger partial charge in [-0.25, -0.2) is 0 Å². The highest BCUT2D eigenvalue weighted by atomic mass is 35.5. The molecule has 0 aliphatic rings. The first-order valence-electron chi connectivity index (χ1n) is 8.42. The van der Waals surface area contributed by atoms with Crippen LogP contribution >= 0.6 is 11.6 Å². The Morgan fingerprint density at radius 2 is 1.77 bits per heavy atom. The Labute approximate surface area is 158 Å². The highest BCUT2D eigenvalue weighted by Gasteiger charge is 2.09. The number of hydrogen-bond acceptors (Lipinski definition) is 3. The fourth-order valence-electron chi connectivity index (χ4n) is 2.56. The van der Waals surface area contributed by atoms with E-state index in [-0.39, 0.29) is 5.91 Å². The second kappa shape index (κ2) is 8.02. The maximum Gasteiger partial charge on any atom is 0.255 e. The topological polar surface area (TPSA) is 45.2 Å². The summed E-state index contributed by atoms with van der Waals surface area (Å²) in [6.45, 7) is 3.02. The Morgan fingerprint density at radius 1 is 1.08 bits per heavy atom. The third-order valence-corrected chi connectivity index (χ3v) is 4.52. The molecule has 3 aromatic rings. The number of carbonyl (C=O) groups excluding carboxylic acids is 1. The third-order valence-electron chi connectivity index (χ3n) is 4.22. The van der Waals surface area contributed by atoms with Crippen LogP contribution in [0.15, 0.2) is 66.9 Å². The van der Waals surface area contributed by atoms with Crippen molar-refractivity contribution < 1.29 is 4.79 Å². The third kappa shape index (κ3) is 4.03. The van der Waals surface area contributed by atoms with E-state index in [0.29, 0.717) is 16.3 Å². The maximum absolute atomic E-state index is 12.4. The normalized spacial score (nSPS) is 10.4. The van der Waals surface area contributed by atoms with Crippen molar-refractivity contribution in [3.8, 4) is 11.3 Å². The molecule has 0 radical (unpaired) electrons. The van der Waals surface area contributed by atoms with Crippen LogP contribution in [0.1, 0.15) is 17.3 Å². The average Bonchev–Trinajstić information content (AvgIpc) is 2.68. The molecular weight excluding hydrogens is 346 g/mol. The molecular formula is C21H20ClN3O. The predicted octanol–water partition coefficient (Wildman–Crippen LogP) is 5.11. The van der Waals surface area contributed by atoms with Gasteiger partial charge in [-0.15, -0.1) is 0 Å². The largest absolute Gasteiger partial charge is 0.375 e. The van der Waals surface area contributed by atoms with E-state index in [0.717, 1.165) is 23.5 Å². The summed E-state index contributed by atoms with van der Waals surface area (Å²) in [4.78, 5) is 18.9. The summed E-state index contributed by atoms with van der Waals surface area (Å²) >= 11 is 6.17. The van der Waals surface area contributed by atoms with Gasteiger partial charge in [0.2, 0.25) is 0 Å². The van der Waals surface area contributed by atoms with E-state index in [1.807, 2.05) is 43.4 Å². The van der Waals surface area contributed by atoms with Crippen LogP contribution in [0.5, 0.6) is 0 Å². The van der Waals surface area contributed by atoms with Gasteiger partial charge in [-0.2, -0.15) is 0 Å². The Morgan fingerprint density at radius 3 is 2.38 bits per heavy atom. The molecule has 2 aromatic carbocycles. The highest BCUT2D eigenvalue weighted by molar-refractivity contribution is 6.33. The Hall–Kier alpha value is -2.85. The molecule has 0 saturated heterocycles. The van der Waals surface area contributed by atoms with Gasteiger partial charge in [0.1, 0.15) is 0 Å². The van der Waals surface area contributed by atoms with Crippen molar-refractivity contribution in [2.75, 3.05) is 23.8 Å². The SMILES string of the molecule is CCN(C)c1ccc(NC(=O)c2ccc(-c3ncccc3Cl)cc2)cc1. The number of aromatic nitrogens is 1. The van der Waals surface area contributed by atoms with Crippen molar-refractivity contribution in [3.63, 3.8) is 0 Å². The molecule has 1 aromatic heterocycles. The molecule has 0 spiro atoms. The molecule has 0 atom stereocenters. The van der Waals surface area contributed by atoms with Crippen LogP contribution in [0, 0.1) is 0 Å². The van der Waals surface area contributed by atoms with Gasteiger partial charge in [-0.05, 0) is 55.5 Å². The molecule has 0 aliphatic heterocycles. The molecule has 1 amide bonds. The van der Waals surface area contributed by atoms with E-state index < -0.39 is 0 Å². The number of amides is 1. The molecule has 4 nitrogen and oxygen atoms in total. The number of benzene rings is 2.